The lowest BCUT2D eigenvalue weighted by atomic mass is 10.1. The van der Waals surface area contributed by atoms with E-state index in [2.05, 4.69) is 15.7 Å². The number of aryl methyl sites for hydroxylation is 1. The molecule has 35 heavy (non-hydrogen) atoms. The highest BCUT2D eigenvalue weighted by molar-refractivity contribution is 6.08. The van der Waals surface area contributed by atoms with E-state index < -0.39 is 18.5 Å². The molecule has 0 saturated heterocycles. The fraction of sp³-hybridized carbons (Fsp3) is 0.111. The first-order chi connectivity index (χ1) is 16.9. The van der Waals surface area contributed by atoms with E-state index in [4.69, 9.17) is 4.74 Å². The molecule has 1 aromatic heterocycles. The van der Waals surface area contributed by atoms with Crippen LogP contribution in [0.2, 0.25) is 0 Å². The van der Waals surface area contributed by atoms with E-state index in [0.717, 1.165) is 11.4 Å². The quantitative estimate of drug-likeness (QED) is 0.388. The van der Waals surface area contributed by atoms with Crippen molar-refractivity contribution in [3.05, 3.63) is 107 Å². The number of aromatic nitrogens is 2. The smallest absolute Gasteiger partial charge is 0.340 e. The third-order valence-corrected chi connectivity index (χ3v) is 5.32. The highest BCUT2D eigenvalue weighted by Gasteiger charge is 2.19. The van der Waals surface area contributed by atoms with Crippen molar-refractivity contribution >= 4 is 29.2 Å². The van der Waals surface area contributed by atoms with Crippen LogP contribution in [0.3, 0.4) is 0 Å². The van der Waals surface area contributed by atoms with E-state index in [-0.39, 0.29) is 11.5 Å². The molecule has 8 nitrogen and oxygen atoms in total. The van der Waals surface area contributed by atoms with Crippen LogP contribution in [0.4, 0.5) is 11.4 Å². The highest BCUT2D eigenvalue weighted by atomic mass is 16.5. The molecule has 0 atom stereocenters. The molecule has 0 spiro atoms. The summed E-state index contributed by atoms with van der Waals surface area (Å²) in [7, 11) is 0. The number of amides is 2. The molecule has 3 aromatic carbocycles. The first kappa shape index (κ1) is 23.4. The van der Waals surface area contributed by atoms with E-state index in [1.54, 1.807) is 54.1 Å². The van der Waals surface area contributed by atoms with Crippen molar-refractivity contribution < 1.29 is 19.1 Å². The Morgan fingerprint density at radius 1 is 0.829 bits per heavy atom. The lowest BCUT2D eigenvalue weighted by Crippen LogP contribution is -2.22. The molecular weight excluding hydrogens is 444 g/mol. The summed E-state index contributed by atoms with van der Waals surface area (Å²) in [5, 5.41) is 9.99. The van der Waals surface area contributed by atoms with Crippen molar-refractivity contribution in [1.82, 2.24) is 9.78 Å². The van der Waals surface area contributed by atoms with Gasteiger partial charge in [0.05, 0.1) is 34.0 Å². The van der Waals surface area contributed by atoms with Gasteiger partial charge < -0.3 is 15.4 Å². The lowest BCUT2D eigenvalue weighted by Gasteiger charge is -2.11. The van der Waals surface area contributed by atoms with E-state index in [0.29, 0.717) is 22.6 Å². The molecule has 0 unspecified atom stereocenters. The van der Waals surface area contributed by atoms with Crippen LogP contribution in [0.15, 0.2) is 84.9 Å². The van der Waals surface area contributed by atoms with Crippen molar-refractivity contribution in [2.75, 3.05) is 17.2 Å². The van der Waals surface area contributed by atoms with Gasteiger partial charge in [0.25, 0.3) is 11.8 Å². The summed E-state index contributed by atoms with van der Waals surface area (Å²) in [4.78, 5) is 37.7. The molecule has 0 bridgehead atoms. The van der Waals surface area contributed by atoms with E-state index in [9.17, 15) is 14.4 Å². The lowest BCUT2D eigenvalue weighted by molar-refractivity contribution is -0.119. The van der Waals surface area contributed by atoms with Gasteiger partial charge in [0, 0.05) is 5.56 Å². The second-order valence-electron chi connectivity index (χ2n) is 7.78. The van der Waals surface area contributed by atoms with Gasteiger partial charge in [-0.05, 0) is 50.2 Å². The van der Waals surface area contributed by atoms with Crippen molar-refractivity contribution in [2.45, 2.75) is 13.8 Å². The molecular formula is C27H24N4O4. The number of hydrogen-bond acceptors (Lipinski definition) is 5. The number of benzene rings is 3. The van der Waals surface area contributed by atoms with Gasteiger partial charge in [0.2, 0.25) is 0 Å². The standard InChI is InChI=1S/C27H24N4O4/c1-18-25(19(2)31(30-18)21-13-7-4-8-14-21)29-24(32)17-35-27(34)22-15-9-10-16-23(22)28-26(33)20-11-5-3-6-12-20/h3-16H,17H2,1-2H3,(H,28,33)(H,29,32). The molecule has 0 aliphatic carbocycles. The van der Waals surface area contributed by atoms with E-state index >= 15 is 0 Å². The Kier molecular flexibility index (Phi) is 7.02. The van der Waals surface area contributed by atoms with Crippen LogP contribution in [0, 0.1) is 13.8 Å². The Morgan fingerprint density at radius 3 is 2.17 bits per heavy atom. The third-order valence-electron chi connectivity index (χ3n) is 5.32. The van der Waals surface area contributed by atoms with Crippen LogP contribution < -0.4 is 10.6 Å². The van der Waals surface area contributed by atoms with E-state index in [1.165, 1.54) is 6.07 Å². The molecule has 2 amide bonds. The minimum atomic E-state index is -0.725. The Morgan fingerprint density at radius 2 is 1.46 bits per heavy atom. The maximum atomic E-state index is 12.7. The zero-order chi connectivity index (χ0) is 24.8. The maximum absolute atomic E-state index is 12.7. The molecule has 0 aliphatic heterocycles. The monoisotopic (exact) mass is 468 g/mol. The van der Waals surface area contributed by atoms with Gasteiger partial charge >= 0.3 is 5.97 Å². The molecule has 4 rings (SSSR count). The fourth-order valence-corrected chi connectivity index (χ4v) is 3.58. The second-order valence-corrected chi connectivity index (χ2v) is 7.78. The summed E-state index contributed by atoms with van der Waals surface area (Å²) in [5.41, 5.74) is 3.72. The number of carbonyl (C=O) groups excluding carboxylic acids is 3. The van der Waals surface area contributed by atoms with Crippen molar-refractivity contribution in [3.8, 4) is 5.69 Å². The molecule has 2 N–H and O–H groups in total. The van der Waals surface area contributed by atoms with Crippen LogP contribution in [0.5, 0.6) is 0 Å². The van der Waals surface area contributed by atoms with Crippen molar-refractivity contribution in [3.63, 3.8) is 0 Å². The SMILES string of the molecule is Cc1nn(-c2ccccc2)c(C)c1NC(=O)COC(=O)c1ccccc1NC(=O)c1ccccc1. The zero-order valence-corrected chi connectivity index (χ0v) is 19.3. The first-order valence-electron chi connectivity index (χ1n) is 11.0. The summed E-state index contributed by atoms with van der Waals surface area (Å²) in [6, 6.07) is 24.7. The van der Waals surface area contributed by atoms with Crippen molar-refractivity contribution in [1.29, 1.82) is 0 Å². The molecule has 176 valence electrons. The Labute approximate surface area is 202 Å². The van der Waals surface area contributed by atoms with E-state index in [1.807, 2.05) is 43.3 Å². The van der Waals surface area contributed by atoms with Gasteiger partial charge in [-0.25, -0.2) is 9.48 Å². The van der Waals surface area contributed by atoms with Crippen LogP contribution in [-0.2, 0) is 9.53 Å². The molecule has 4 aromatic rings. The minimum Gasteiger partial charge on any atom is -0.452 e. The molecule has 1 heterocycles. The number of carbonyl (C=O) groups is 3. The largest absolute Gasteiger partial charge is 0.452 e. The molecule has 8 heteroatoms. The number of hydrogen-bond donors (Lipinski definition) is 2. The average molecular weight is 469 g/mol. The Bertz CT molecular complexity index is 1360. The summed E-state index contributed by atoms with van der Waals surface area (Å²) >= 11 is 0. The van der Waals surface area contributed by atoms with Gasteiger partial charge in [-0.1, -0.05) is 48.5 Å². The molecule has 0 saturated carbocycles. The maximum Gasteiger partial charge on any atom is 0.340 e. The predicted molar refractivity (Wildman–Crippen MR) is 133 cm³/mol. The topological polar surface area (TPSA) is 102 Å². The Balaban J connectivity index is 1.40. The van der Waals surface area contributed by atoms with Gasteiger partial charge in [-0.2, -0.15) is 5.10 Å². The van der Waals surface area contributed by atoms with Crippen molar-refractivity contribution in [2.24, 2.45) is 0 Å². The fourth-order valence-electron chi connectivity index (χ4n) is 3.58. The van der Waals surface area contributed by atoms with Gasteiger partial charge in [0.15, 0.2) is 6.61 Å². The number of anilines is 2. The normalized spacial score (nSPS) is 10.5. The highest BCUT2D eigenvalue weighted by Crippen LogP contribution is 2.23. The molecule has 0 radical (unpaired) electrons. The molecule has 0 aliphatic rings. The van der Waals surface area contributed by atoms with Crippen LogP contribution in [0.1, 0.15) is 32.1 Å². The number of rotatable bonds is 7. The Hall–Kier alpha value is -4.72. The summed E-state index contributed by atoms with van der Waals surface area (Å²) < 4.78 is 6.97. The first-order valence-corrected chi connectivity index (χ1v) is 11.0. The number of nitrogens with one attached hydrogen (secondary N) is 2. The van der Waals surface area contributed by atoms with Gasteiger partial charge in [-0.3, -0.25) is 9.59 Å². The number of ether oxygens (including phenoxy) is 1. The van der Waals surface area contributed by atoms with Crippen LogP contribution in [0.25, 0.3) is 5.69 Å². The van der Waals surface area contributed by atoms with Gasteiger partial charge in [0.1, 0.15) is 0 Å². The number of nitrogens with zero attached hydrogens (tertiary/aromatic N) is 2. The number of para-hydroxylation sites is 2. The van der Waals surface area contributed by atoms with Crippen LogP contribution in [-0.4, -0.2) is 34.2 Å². The number of esters is 1. The summed E-state index contributed by atoms with van der Waals surface area (Å²) in [5.74, 6) is -1.58. The minimum absolute atomic E-state index is 0.147. The third kappa shape index (κ3) is 5.44. The predicted octanol–water partition coefficient (Wildman–Crippen LogP) is 4.54. The van der Waals surface area contributed by atoms with Gasteiger partial charge in [-0.15, -0.1) is 0 Å². The summed E-state index contributed by atoms with van der Waals surface area (Å²) in [6.45, 7) is 3.15. The zero-order valence-electron chi connectivity index (χ0n) is 19.3. The second kappa shape index (κ2) is 10.5. The summed E-state index contributed by atoms with van der Waals surface area (Å²) in [6.07, 6.45) is 0. The van der Waals surface area contributed by atoms with Crippen LogP contribution >= 0.6 is 0 Å². The average Bonchev–Trinajstić information content (AvgIpc) is 3.17. The molecule has 0 fully saturated rings.